The van der Waals surface area contributed by atoms with Crippen molar-refractivity contribution in [2.45, 2.75) is 12.5 Å². The van der Waals surface area contributed by atoms with Crippen LogP contribution in [0, 0.1) is 0 Å². The lowest BCUT2D eigenvalue weighted by Crippen LogP contribution is -2.24. The van der Waals surface area contributed by atoms with Gasteiger partial charge in [0.05, 0.1) is 10.8 Å². The van der Waals surface area contributed by atoms with Crippen molar-refractivity contribution in [2.75, 3.05) is 10.6 Å². The molecular weight excluding hydrogens is 348 g/mol. The molecule has 4 aromatic carbocycles. The average molecular weight is 366 g/mol. The van der Waals surface area contributed by atoms with Gasteiger partial charge in [-0.3, -0.25) is 0 Å². The molecule has 0 spiro atoms. The third-order valence-corrected chi connectivity index (χ3v) is 5.35. The van der Waals surface area contributed by atoms with Crippen LogP contribution in [-0.2, 0) is 0 Å². The highest BCUT2D eigenvalue weighted by Crippen LogP contribution is 2.49. The lowest BCUT2D eigenvalue weighted by atomic mass is 10.0. The van der Waals surface area contributed by atoms with Crippen LogP contribution < -0.4 is 20.1 Å². The van der Waals surface area contributed by atoms with E-state index in [2.05, 4.69) is 47.0 Å². The zero-order valence-electron chi connectivity index (χ0n) is 15.1. The molecule has 2 heterocycles. The second-order valence-electron chi connectivity index (χ2n) is 7.08. The highest BCUT2D eigenvalue weighted by Gasteiger charge is 2.29. The Labute approximate surface area is 162 Å². The van der Waals surface area contributed by atoms with E-state index in [-0.39, 0.29) is 12.5 Å². The molecular formula is C24H18N2O2. The molecule has 4 heteroatoms. The second-order valence-corrected chi connectivity index (χ2v) is 7.08. The highest BCUT2D eigenvalue weighted by molar-refractivity contribution is 6.10. The molecule has 136 valence electrons. The number of rotatable bonds is 2. The van der Waals surface area contributed by atoms with E-state index in [1.165, 1.54) is 0 Å². The lowest BCUT2D eigenvalue weighted by molar-refractivity contribution is 0.228. The monoisotopic (exact) mass is 366 g/mol. The van der Waals surface area contributed by atoms with Crippen LogP contribution in [0.3, 0.4) is 0 Å². The fourth-order valence-corrected chi connectivity index (χ4v) is 4.02. The minimum absolute atomic E-state index is 0.206. The van der Waals surface area contributed by atoms with Gasteiger partial charge >= 0.3 is 0 Å². The standard InChI is InChI=1S/C24H18N2O2/c1-3-7-15(8-4-1)23-25-17-11-14-20-22-18(12-13-19(27-23)21(17)22)26-24(28-20)16-9-5-2-6-10-16/h1-14,23-26H. The van der Waals surface area contributed by atoms with Crippen molar-refractivity contribution in [3.8, 4) is 11.5 Å². The molecule has 4 nitrogen and oxygen atoms in total. The minimum atomic E-state index is -0.206. The lowest BCUT2D eigenvalue weighted by Gasteiger charge is -2.33. The molecule has 2 aliphatic rings. The van der Waals surface area contributed by atoms with Crippen LogP contribution in [0.5, 0.6) is 11.5 Å². The number of anilines is 2. The van der Waals surface area contributed by atoms with Gasteiger partial charge in [0.15, 0.2) is 12.5 Å². The Balaban J connectivity index is 1.43. The molecule has 2 unspecified atom stereocenters. The van der Waals surface area contributed by atoms with Crippen LogP contribution in [0.2, 0.25) is 0 Å². The summed E-state index contributed by atoms with van der Waals surface area (Å²) in [4.78, 5) is 0. The van der Waals surface area contributed by atoms with Crippen molar-refractivity contribution in [3.05, 3.63) is 96.1 Å². The van der Waals surface area contributed by atoms with Crippen molar-refractivity contribution in [1.29, 1.82) is 0 Å². The second kappa shape index (κ2) is 5.92. The Hall–Kier alpha value is -3.66. The molecule has 0 saturated heterocycles. The Kier molecular flexibility index (Phi) is 3.26. The molecule has 6 rings (SSSR count). The fourth-order valence-electron chi connectivity index (χ4n) is 4.02. The average Bonchev–Trinajstić information content (AvgIpc) is 2.78. The summed E-state index contributed by atoms with van der Waals surface area (Å²) in [6.07, 6.45) is -0.412. The van der Waals surface area contributed by atoms with E-state index >= 15 is 0 Å². The Morgan fingerprint density at radius 2 is 0.929 bits per heavy atom. The third-order valence-electron chi connectivity index (χ3n) is 5.35. The van der Waals surface area contributed by atoms with E-state index in [0.29, 0.717) is 0 Å². The Morgan fingerprint density at radius 3 is 1.36 bits per heavy atom. The summed E-state index contributed by atoms with van der Waals surface area (Å²) in [7, 11) is 0. The van der Waals surface area contributed by atoms with Crippen molar-refractivity contribution >= 4 is 22.1 Å². The van der Waals surface area contributed by atoms with Gasteiger partial charge in [-0.05, 0) is 24.3 Å². The van der Waals surface area contributed by atoms with Crippen molar-refractivity contribution < 1.29 is 9.47 Å². The van der Waals surface area contributed by atoms with Gasteiger partial charge in [0, 0.05) is 22.5 Å². The number of ether oxygens (including phenoxy) is 2. The maximum absolute atomic E-state index is 6.29. The summed E-state index contributed by atoms with van der Waals surface area (Å²) in [5, 5.41) is 9.15. The molecule has 0 amide bonds. The van der Waals surface area contributed by atoms with Gasteiger partial charge in [0.2, 0.25) is 0 Å². The SMILES string of the molecule is c1ccc(C2Nc3ccc4c5c(ccc(c35)O2)NC(c2ccccc2)O4)cc1. The first kappa shape index (κ1) is 15.4. The van der Waals surface area contributed by atoms with Crippen LogP contribution >= 0.6 is 0 Å². The predicted octanol–water partition coefficient (Wildman–Crippen LogP) is 5.85. The first-order chi connectivity index (χ1) is 13.9. The molecule has 0 aromatic heterocycles. The Morgan fingerprint density at radius 1 is 0.500 bits per heavy atom. The molecule has 0 bridgehead atoms. The number of nitrogens with one attached hydrogen (secondary N) is 2. The van der Waals surface area contributed by atoms with Crippen LogP contribution in [-0.4, -0.2) is 0 Å². The molecule has 2 N–H and O–H groups in total. The van der Waals surface area contributed by atoms with Gasteiger partial charge in [-0.25, -0.2) is 0 Å². The van der Waals surface area contributed by atoms with Gasteiger partial charge in [-0.1, -0.05) is 60.7 Å². The molecule has 4 aromatic rings. The Bertz CT molecular complexity index is 1030. The molecule has 0 fully saturated rings. The van der Waals surface area contributed by atoms with Crippen molar-refractivity contribution in [2.24, 2.45) is 0 Å². The molecule has 0 saturated carbocycles. The topological polar surface area (TPSA) is 42.5 Å². The largest absolute Gasteiger partial charge is 0.466 e. The summed E-state index contributed by atoms with van der Waals surface area (Å²) in [5.74, 6) is 1.73. The zero-order chi connectivity index (χ0) is 18.5. The van der Waals surface area contributed by atoms with E-state index < -0.39 is 0 Å². The van der Waals surface area contributed by atoms with Crippen LogP contribution in [0.25, 0.3) is 10.8 Å². The van der Waals surface area contributed by atoms with Crippen LogP contribution in [0.4, 0.5) is 11.4 Å². The minimum Gasteiger partial charge on any atom is -0.466 e. The molecule has 0 radical (unpaired) electrons. The number of benzene rings is 4. The van der Waals surface area contributed by atoms with Crippen LogP contribution in [0.1, 0.15) is 23.6 Å². The van der Waals surface area contributed by atoms with E-state index in [9.17, 15) is 0 Å². The molecule has 2 atom stereocenters. The third kappa shape index (κ3) is 2.31. The van der Waals surface area contributed by atoms with Crippen LogP contribution in [0.15, 0.2) is 84.9 Å². The van der Waals surface area contributed by atoms with E-state index in [4.69, 9.17) is 9.47 Å². The van der Waals surface area contributed by atoms with Gasteiger partial charge in [-0.15, -0.1) is 0 Å². The highest BCUT2D eigenvalue weighted by atomic mass is 16.5. The smallest absolute Gasteiger partial charge is 0.196 e. The normalized spacial score (nSPS) is 19.1. The van der Waals surface area contributed by atoms with E-state index in [1.54, 1.807) is 0 Å². The molecule has 0 aliphatic carbocycles. The summed E-state index contributed by atoms with van der Waals surface area (Å²) < 4.78 is 12.6. The van der Waals surface area contributed by atoms with Crippen molar-refractivity contribution in [1.82, 2.24) is 0 Å². The molecule has 28 heavy (non-hydrogen) atoms. The predicted molar refractivity (Wildman–Crippen MR) is 111 cm³/mol. The summed E-state index contributed by atoms with van der Waals surface area (Å²) in [6, 6.07) is 28.7. The number of hydrogen-bond donors (Lipinski definition) is 2. The first-order valence-corrected chi connectivity index (χ1v) is 9.43. The zero-order valence-corrected chi connectivity index (χ0v) is 15.1. The van der Waals surface area contributed by atoms with Gasteiger partial charge in [0.25, 0.3) is 0 Å². The summed E-state index contributed by atoms with van der Waals surface area (Å²) >= 11 is 0. The van der Waals surface area contributed by atoms with Crippen molar-refractivity contribution in [3.63, 3.8) is 0 Å². The maximum atomic E-state index is 6.29. The van der Waals surface area contributed by atoms with Gasteiger partial charge < -0.3 is 20.1 Å². The van der Waals surface area contributed by atoms with E-state index in [0.717, 1.165) is 44.8 Å². The van der Waals surface area contributed by atoms with E-state index in [1.807, 2.05) is 48.5 Å². The molecule has 2 aliphatic heterocycles. The maximum Gasteiger partial charge on any atom is 0.196 e. The fraction of sp³-hybridized carbons (Fsp3) is 0.0833. The quantitative estimate of drug-likeness (QED) is 0.467. The first-order valence-electron chi connectivity index (χ1n) is 9.43. The van der Waals surface area contributed by atoms with Gasteiger partial charge in [-0.2, -0.15) is 0 Å². The number of hydrogen-bond acceptors (Lipinski definition) is 4. The van der Waals surface area contributed by atoms with Gasteiger partial charge in [0.1, 0.15) is 11.5 Å². The summed E-state index contributed by atoms with van der Waals surface area (Å²) in [6.45, 7) is 0. The summed E-state index contributed by atoms with van der Waals surface area (Å²) in [5.41, 5.74) is 4.30.